The van der Waals surface area contributed by atoms with E-state index in [-0.39, 0.29) is 0 Å². The van der Waals surface area contributed by atoms with Crippen molar-refractivity contribution < 1.29 is 0 Å². The lowest BCUT2D eigenvalue weighted by Gasteiger charge is -2.22. The van der Waals surface area contributed by atoms with Crippen LogP contribution in [0.1, 0.15) is 39.5 Å². The quantitative estimate of drug-likeness (QED) is 0.743. The molecule has 2 N–H and O–H groups in total. The van der Waals surface area contributed by atoms with Gasteiger partial charge < -0.3 is 10.6 Å². The lowest BCUT2D eigenvalue weighted by molar-refractivity contribution is 0.251. The van der Waals surface area contributed by atoms with Crippen LogP contribution in [-0.4, -0.2) is 30.1 Å². The van der Waals surface area contributed by atoms with Crippen molar-refractivity contribution >= 4 is 0 Å². The van der Waals surface area contributed by atoms with Gasteiger partial charge in [0, 0.05) is 18.6 Å². The topological polar surface area (TPSA) is 29.3 Å². The maximum atomic E-state index is 6.11. The summed E-state index contributed by atoms with van der Waals surface area (Å²) < 4.78 is 0. The third-order valence-electron chi connectivity index (χ3n) is 3.89. The second-order valence-electron chi connectivity index (χ2n) is 5.47. The summed E-state index contributed by atoms with van der Waals surface area (Å²) in [6.45, 7) is 7.23. The molecule has 1 aliphatic heterocycles. The first-order chi connectivity index (χ1) is 6.66. The van der Waals surface area contributed by atoms with Crippen LogP contribution in [-0.2, 0) is 0 Å². The highest BCUT2D eigenvalue weighted by atomic mass is 15.2. The molecule has 0 spiro atoms. The summed E-state index contributed by atoms with van der Waals surface area (Å²) >= 11 is 0. The largest absolute Gasteiger partial charge is 0.327 e. The standard InChI is InChI=1S/C12H24N2/c1-9-7-10(2)14(8-9)6-5-12(13)11-3-4-11/h9-12H,3-8,13H2,1-2H3. The van der Waals surface area contributed by atoms with E-state index in [1.807, 2.05) is 0 Å². The zero-order valence-corrected chi connectivity index (χ0v) is 9.58. The Morgan fingerprint density at radius 3 is 2.57 bits per heavy atom. The SMILES string of the molecule is CC1CC(C)N(CCC(N)C2CC2)C1. The van der Waals surface area contributed by atoms with Crippen LogP contribution in [0, 0.1) is 11.8 Å². The molecule has 3 unspecified atom stereocenters. The Hall–Kier alpha value is -0.0800. The van der Waals surface area contributed by atoms with Gasteiger partial charge in [-0.15, -0.1) is 0 Å². The fraction of sp³-hybridized carbons (Fsp3) is 1.00. The monoisotopic (exact) mass is 196 g/mol. The van der Waals surface area contributed by atoms with E-state index in [2.05, 4.69) is 18.7 Å². The van der Waals surface area contributed by atoms with Crippen LogP contribution < -0.4 is 5.73 Å². The Bertz CT molecular complexity index is 189. The maximum absolute atomic E-state index is 6.11. The molecule has 2 fully saturated rings. The molecule has 0 aromatic carbocycles. The lowest BCUT2D eigenvalue weighted by Crippen LogP contribution is -2.33. The van der Waals surface area contributed by atoms with Crippen LogP contribution in [0.15, 0.2) is 0 Å². The highest BCUT2D eigenvalue weighted by molar-refractivity contribution is 4.86. The van der Waals surface area contributed by atoms with Crippen LogP contribution in [0.2, 0.25) is 0 Å². The van der Waals surface area contributed by atoms with Gasteiger partial charge in [0.15, 0.2) is 0 Å². The molecule has 0 aromatic heterocycles. The van der Waals surface area contributed by atoms with E-state index >= 15 is 0 Å². The lowest BCUT2D eigenvalue weighted by atomic mass is 10.1. The zero-order valence-electron chi connectivity index (χ0n) is 9.58. The summed E-state index contributed by atoms with van der Waals surface area (Å²) in [6, 6.07) is 1.27. The molecule has 1 saturated heterocycles. The van der Waals surface area contributed by atoms with Crippen molar-refractivity contribution in [1.82, 2.24) is 4.90 Å². The van der Waals surface area contributed by atoms with Crippen molar-refractivity contribution in [3.63, 3.8) is 0 Å². The molecule has 2 heteroatoms. The Labute approximate surface area is 87.8 Å². The first kappa shape index (κ1) is 10.4. The van der Waals surface area contributed by atoms with Gasteiger partial charge in [-0.05, 0) is 51.0 Å². The van der Waals surface area contributed by atoms with E-state index in [0.29, 0.717) is 6.04 Å². The molecule has 2 nitrogen and oxygen atoms in total. The Morgan fingerprint density at radius 2 is 2.07 bits per heavy atom. The third kappa shape index (κ3) is 2.48. The minimum absolute atomic E-state index is 0.484. The minimum Gasteiger partial charge on any atom is -0.327 e. The number of nitrogens with two attached hydrogens (primary N) is 1. The van der Waals surface area contributed by atoms with E-state index in [9.17, 15) is 0 Å². The number of hydrogen-bond acceptors (Lipinski definition) is 2. The summed E-state index contributed by atoms with van der Waals surface area (Å²) in [5.74, 6) is 1.76. The fourth-order valence-electron chi connectivity index (χ4n) is 2.77. The van der Waals surface area contributed by atoms with Crippen LogP contribution in [0.3, 0.4) is 0 Å². The first-order valence-electron chi connectivity index (χ1n) is 6.16. The third-order valence-corrected chi connectivity index (χ3v) is 3.89. The van der Waals surface area contributed by atoms with Crippen molar-refractivity contribution in [3.8, 4) is 0 Å². The summed E-state index contributed by atoms with van der Waals surface area (Å²) in [7, 11) is 0. The molecule has 14 heavy (non-hydrogen) atoms. The van der Waals surface area contributed by atoms with Crippen molar-refractivity contribution in [3.05, 3.63) is 0 Å². The summed E-state index contributed by atoms with van der Waals surface area (Å²) in [5.41, 5.74) is 6.11. The Balaban J connectivity index is 1.69. The molecule has 0 amide bonds. The number of nitrogens with zero attached hydrogens (tertiary/aromatic N) is 1. The van der Waals surface area contributed by atoms with E-state index in [4.69, 9.17) is 5.73 Å². The van der Waals surface area contributed by atoms with Crippen LogP contribution in [0.4, 0.5) is 0 Å². The second-order valence-corrected chi connectivity index (χ2v) is 5.47. The second kappa shape index (κ2) is 4.19. The average Bonchev–Trinajstić information content (AvgIpc) is 2.90. The van der Waals surface area contributed by atoms with Gasteiger partial charge in [0.1, 0.15) is 0 Å². The van der Waals surface area contributed by atoms with Gasteiger partial charge in [-0.3, -0.25) is 0 Å². The van der Waals surface area contributed by atoms with Crippen molar-refractivity contribution in [2.24, 2.45) is 17.6 Å². The first-order valence-corrected chi connectivity index (χ1v) is 6.16. The van der Waals surface area contributed by atoms with Gasteiger partial charge in [-0.1, -0.05) is 6.92 Å². The van der Waals surface area contributed by atoms with E-state index in [0.717, 1.165) is 17.9 Å². The Morgan fingerprint density at radius 1 is 1.36 bits per heavy atom. The van der Waals surface area contributed by atoms with Crippen molar-refractivity contribution in [1.29, 1.82) is 0 Å². The van der Waals surface area contributed by atoms with Gasteiger partial charge in [-0.25, -0.2) is 0 Å². The zero-order chi connectivity index (χ0) is 10.1. The molecule has 0 radical (unpaired) electrons. The summed E-state index contributed by atoms with van der Waals surface area (Å²) in [6.07, 6.45) is 5.35. The van der Waals surface area contributed by atoms with Crippen LogP contribution in [0.25, 0.3) is 0 Å². The van der Waals surface area contributed by atoms with E-state index in [1.54, 1.807) is 0 Å². The highest BCUT2D eigenvalue weighted by Gasteiger charge is 2.30. The molecule has 2 rings (SSSR count). The van der Waals surface area contributed by atoms with E-state index < -0.39 is 0 Å². The van der Waals surface area contributed by atoms with Gasteiger partial charge in [0.05, 0.1) is 0 Å². The molecular weight excluding hydrogens is 172 g/mol. The normalized spacial score (nSPS) is 36.2. The molecule has 0 bridgehead atoms. The number of likely N-dealkylation sites (tertiary alicyclic amines) is 1. The molecule has 82 valence electrons. The minimum atomic E-state index is 0.484. The molecule has 1 heterocycles. The van der Waals surface area contributed by atoms with Crippen LogP contribution >= 0.6 is 0 Å². The van der Waals surface area contributed by atoms with Crippen molar-refractivity contribution in [2.75, 3.05) is 13.1 Å². The Kier molecular flexibility index (Phi) is 3.13. The molecule has 1 aliphatic carbocycles. The predicted molar refractivity (Wildman–Crippen MR) is 60.1 cm³/mol. The van der Waals surface area contributed by atoms with Gasteiger partial charge in [0.25, 0.3) is 0 Å². The average molecular weight is 196 g/mol. The fourth-order valence-corrected chi connectivity index (χ4v) is 2.77. The van der Waals surface area contributed by atoms with Gasteiger partial charge in [0.2, 0.25) is 0 Å². The smallest absolute Gasteiger partial charge is 0.00793 e. The number of rotatable bonds is 4. The summed E-state index contributed by atoms with van der Waals surface area (Å²) in [5, 5.41) is 0. The molecular formula is C12H24N2. The van der Waals surface area contributed by atoms with E-state index in [1.165, 1.54) is 38.8 Å². The van der Waals surface area contributed by atoms with Gasteiger partial charge >= 0.3 is 0 Å². The van der Waals surface area contributed by atoms with Gasteiger partial charge in [-0.2, -0.15) is 0 Å². The maximum Gasteiger partial charge on any atom is 0.00793 e. The number of hydrogen-bond donors (Lipinski definition) is 1. The van der Waals surface area contributed by atoms with Crippen LogP contribution in [0.5, 0.6) is 0 Å². The highest BCUT2D eigenvalue weighted by Crippen LogP contribution is 2.33. The molecule has 3 atom stereocenters. The molecule has 1 saturated carbocycles. The van der Waals surface area contributed by atoms with Crippen molar-refractivity contribution in [2.45, 2.75) is 51.6 Å². The molecule has 2 aliphatic rings. The predicted octanol–water partition coefficient (Wildman–Crippen LogP) is 1.84. The molecule has 0 aromatic rings. The summed E-state index contributed by atoms with van der Waals surface area (Å²) in [4.78, 5) is 2.62.